The number of amides is 1. The van der Waals surface area contributed by atoms with E-state index in [4.69, 9.17) is 0 Å². The molecule has 1 rings (SSSR count). The van der Waals surface area contributed by atoms with E-state index in [9.17, 15) is 9.59 Å². The smallest absolute Gasteiger partial charge is 0.356 e. The van der Waals surface area contributed by atoms with Crippen LogP contribution in [0, 0.1) is 0 Å². The predicted molar refractivity (Wildman–Crippen MR) is 67.7 cm³/mol. The number of carbonyl (C=O) groups excluding carboxylic acids is 2. The van der Waals surface area contributed by atoms with Crippen LogP contribution in [0.25, 0.3) is 0 Å². The summed E-state index contributed by atoms with van der Waals surface area (Å²) < 4.78 is 4.60. The summed E-state index contributed by atoms with van der Waals surface area (Å²) >= 11 is 0. The summed E-state index contributed by atoms with van der Waals surface area (Å²) in [5.74, 6) is -0.943. The molecule has 0 heterocycles. The van der Waals surface area contributed by atoms with Gasteiger partial charge in [0.25, 0.3) is 5.91 Å². The average molecular weight is 248 g/mol. The van der Waals surface area contributed by atoms with Crippen LogP contribution in [-0.2, 0) is 9.53 Å². The second kappa shape index (κ2) is 6.44. The molecule has 0 bridgehead atoms. The Kier molecular flexibility index (Phi) is 4.92. The van der Waals surface area contributed by atoms with Gasteiger partial charge in [-0.05, 0) is 12.1 Å². The molecule has 0 atom stereocenters. The molecule has 1 N–H and O–H groups in total. The van der Waals surface area contributed by atoms with Crippen LogP contribution in [0.1, 0.15) is 10.4 Å². The highest BCUT2D eigenvalue weighted by Gasteiger charge is 2.14. The van der Waals surface area contributed by atoms with Gasteiger partial charge in [-0.2, -0.15) is 0 Å². The highest BCUT2D eigenvalue weighted by atomic mass is 16.5. The molecule has 0 aliphatic heterocycles. The number of esters is 1. The number of nitrogens with zero attached hydrogens (tertiary/aromatic N) is 1. The second-order valence-corrected chi connectivity index (χ2v) is 3.82. The van der Waals surface area contributed by atoms with Crippen LogP contribution in [0.3, 0.4) is 0 Å². The zero-order valence-electron chi connectivity index (χ0n) is 10.6. The van der Waals surface area contributed by atoms with Gasteiger partial charge in [0.15, 0.2) is 0 Å². The van der Waals surface area contributed by atoms with Crippen molar-refractivity contribution in [2.24, 2.45) is 0 Å². The third kappa shape index (κ3) is 3.93. The SMILES string of the molecule is COC(=O)/C(=C/N(C)C)NC(=O)c1ccccc1. The van der Waals surface area contributed by atoms with Crippen molar-refractivity contribution in [2.75, 3.05) is 21.2 Å². The normalized spacial score (nSPS) is 10.7. The molecular weight excluding hydrogens is 232 g/mol. The first-order chi connectivity index (χ1) is 8.54. The Morgan fingerprint density at radius 2 is 1.83 bits per heavy atom. The first-order valence-electron chi connectivity index (χ1n) is 5.37. The van der Waals surface area contributed by atoms with E-state index in [2.05, 4.69) is 10.1 Å². The fraction of sp³-hybridized carbons (Fsp3) is 0.231. The van der Waals surface area contributed by atoms with E-state index in [0.717, 1.165) is 0 Å². The van der Waals surface area contributed by atoms with Gasteiger partial charge in [-0.25, -0.2) is 4.79 Å². The molecule has 1 aromatic carbocycles. The van der Waals surface area contributed by atoms with Gasteiger partial charge in [-0.15, -0.1) is 0 Å². The summed E-state index contributed by atoms with van der Waals surface area (Å²) in [6.07, 6.45) is 1.49. The van der Waals surface area contributed by atoms with E-state index >= 15 is 0 Å². The summed E-state index contributed by atoms with van der Waals surface area (Å²) in [7, 11) is 4.76. The van der Waals surface area contributed by atoms with Gasteiger partial charge < -0.3 is 15.0 Å². The highest BCUT2D eigenvalue weighted by molar-refractivity contribution is 6.00. The molecule has 0 aromatic heterocycles. The highest BCUT2D eigenvalue weighted by Crippen LogP contribution is 2.01. The molecule has 0 radical (unpaired) electrons. The lowest BCUT2D eigenvalue weighted by molar-refractivity contribution is -0.136. The number of rotatable bonds is 4. The fourth-order valence-corrected chi connectivity index (χ4v) is 1.29. The topological polar surface area (TPSA) is 58.6 Å². The van der Waals surface area contributed by atoms with Crippen LogP contribution in [0.2, 0.25) is 0 Å². The summed E-state index contributed by atoms with van der Waals surface area (Å²) in [5, 5.41) is 2.52. The zero-order valence-corrected chi connectivity index (χ0v) is 10.6. The Bertz CT molecular complexity index is 453. The van der Waals surface area contributed by atoms with Crippen LogP contribution in [0.15, 0.2) is 42.2 Å². The van der Waals surface area contributed by atoms with Crippen LogP contribution in [0.5, 0.6) is 0 Å². The minimum absolute atomic E-state index is 0.0938. The molecule has 0 spiro atoms. The number of methoxy groups -OCH3 is 1. The van der Waals surface area contributed by atoms with Crippen LogP contribution in [-0.4, -0.2) is 38.0 Å². The maximum absolute atomic E-state index is 11.9. The molecule has 0 aliphatic rings. The Labute approximate surface area is 106 Å². The fourth-order valence-electron chi connectivity index (χ4n) is 1.29. The minimum atomic E-state index is -0.590. The number of ether oxygens (including phenoxy) is 1. The molecule has 5 nitrogen and oxygen atoms in total. The molecule has 5 heteroatoms. The molecule has 0 unspecified atom stereocenters. The standard InChI is InChI=1S/C13H16N2O3/c1-15(2)9-11(13(17)18-3)14-12(16)10-7-5-4-6-8-10/h4-9H,1-3H3,(H,14,16)/b11-9-. The van der Waals surface area contributed by atoms with Gasteiger partial charge >= 0.3 is 5.97 Å². The number of carbonyl (C=O) groups is 2. The molecule has 96 valence electrons. The van der Waals surface area contributed by atoms with Crippen molar-refractivity contribution < 1.29 is 14.3 Å². The largest absolute Gasteiger partial charge is 0.464 e. The van der Waals surface area contributed by atoms with E-state index < -0.39 is 5.97 Å². The van der Waals surface area contributed by atoms with Gasteiger partial charge in [0.05, 0.1) is 7.11 Å². The maximum atomic E-state index is 11.9. The predicted octanol–water partition coefficient (Wildman–Crippen LogP) is 0.992. The van der Waals surface area contributed by atoms with E-state index in [1.54, 1.807) is 43.3 Å². The minimum Gasteiger partial charge on any atom is -0.464 e. The monoisotopic (exact) mass is 248 g/mol. The molecule has 0 fully saturated rings. The Morgan fingerprint density at radius 1 is 1.22 bits per heavy atom. The van der Waals surface area contributed by atoms with Crippen molar-refractivity contribution in [3.05, 3.63) is 47.8 Å². The van der Waals surface area contributed by atoms with E-state index in [-0.39, 0.29) is 11.6 Å². The van der Waals surface area contributed by atoms with Gasteiger partial charge in [0, 0.05) is 25.9 Å². The molecule has 18 heavy (non-hydrogen) atoms. The Morgan fingerprint density at radius 3 is 2.33 bits per heavy atom. The Balaban J connectivity index is 2.85. The molecule has 0 saturated carbocycles. The van der Waals surface area contributed by atoms with Crippen molar-refractivity contribution in [1.29, 1.82) is 0 Å². The second-order valence-electron chi connectivity index (χ2n) is 3.82. The van der Waals surface area contributed by atoms with Crippen molar-refractivity contribution >= 4 is 11.9 Å². The average Bonchev–Trinajstić information content (AvgIpc) is 2.37. The molecule has 1 aromatic rings. The van der Waals surface area contributed by atoms with Gasteiger partial charge in [-0.3, -0.25) is 4.79 Å². The number of hydrogen-bond donors (Lipinski definition) is 1. The summed E-state index contributed by atoms with van der Waals surface area (Å²) in [5.41, 5.74) is 0.572. The van der Waals surface area contributed by atoms with Gasteiger partial charge in [0.2, 0.25) is 0 Å². The number of hydrogen-bond acceptors (Lipinski definition) is 4. The van der Waals surface area contributed by atoms with E-state index in [1.165, 1.54) is 13.3 Å². The third-order valence-electron chi connectivity index (χ3n) is 2.08. The molecule has 1 amide bonds. The first-order valence-corrected chi connectivity index (χ1v) is 5.37. The summed E-state index contributed by atoms with van der Waals surface area (Å²) in [6.45, 7) is 0. The van der Waals surface area contributed by atoms with Crippen LogP contribution >= 0.6 is 0 Å². The lowest BCUT2D eigenvalue weighted by atomic mass is 10.2. The molecular formula is C13H16N2O3. The van der Waals surface area contributed by atoms with Crippen molar-refractivity contribution in [3.63, 3.8) is 0 Å². The summed E-state index contributed by atoms with van der Waals surface area (Å²) in [4.78, 5) is 25.0. The lowest BCUT2D eigenvalue weighted by Crippen LogP contribution is -2.29. The lowest BCUT2D eigenvalue weighted by Gasteiger charge is -2.11. The van der Waals surface area contributed by atoms with Crippen LogP contribution in [0.4, 0.5) is 0 Å². The van der Waals surface area contributed by atoms with E-state index in [1.807, 2.05) is 6.07 Å². The van der Waals surface area contributed by atoms with Gasteiger partial charge in [-0.1, -0.05) is 18.2 Å². The number of benzene rings is 1. The molecule has 0 aliphatic carbocycles. The van der Waals surface area contributed by atoms with Crippen molar-refractivity contribution in [2.45, 2.75) is 0 Å². The quantitative estimate of drug-likeness (QED) is 0.637. The molecule has 0 saturated heterocycles. The zero-order chi connectivity index (χ0) is 13.5. The first kappa shape index (κ1) is 13.8. The van der Waals surface area contributed by atoms with Crippen molar-refractivity contribution in [1.82, 2.24) is 10.2 Å². The Hall–Kier alpha value is -2.30. The number of nitrogens with one attached hydrogen (secondary N) is 1. The third-order valence-corrected chi connectivity index (χ3v) is 2.08. The van der Waals surface area contributed by atoms with Gasteiger partial charge in [0.1, 0.15) is 5.70 Å². The summed E-state index contributed by atoms with van der Waals surface area (Å²) in [6, 6.07) is 8.65. The maximum Gasteiger partial charge on any atom is 0.356 e. The van der Waals surface area contributed by atoms with Crippen LogP contribution < -0.4 is 5.32 Å². The van der Waals surface area contributed by atoms with E-state index in [0.29, 0.717) is 5.56 Å². The van der Waals surface area contributed by atoms with Crippen molar-refractivity contribution in [3.8, 4) is 0 Å².